The normalized spacial score (nSPS) is 10.6. The molecule has 0 fully saturated rings. The van der Waals surface area contributed by atoms with Gasteiger partial charge in [-0.3, -0.25) is 4.79 Å². The van der Waals surface area contributed by atoms with Gasteiger partial charge in [-0.05, 0) is 49.7 Å². The standard InChI is InChI=1S/C21H18O6/c1-13-3-8-18-16(10-20(23)27-19(18)9-13)11-26-21(24)12-25-17-6-4-15(5-7-17)14(2)22/h3-10H,11-12H2,1-2H3. The summed E-state index contributed by atoms with van der Waals surface area (Å²) < 4.78 is 15.7. The van der Waals surface area contributed by atoms with Crippen molar-refractivity contribution < 1.29 is 23.5 Å². The molecule has 0 saturated carbocycles. The Morgan fingerprint density at radius 3 is 2.48 bits per heavy atom. The van der Waals surface area contributed by atoms with Crippen molar-refractivity contribution in [1.82, 2.24) is 0 Å². The van der Waals surface area contributed by atoms with Crippen molar-refractivity contribution in [2.45, 2.75) is 20.5 Å². The fourth-order valence-electron chi connectivity index (χ4n) is 2.58. The number of esters is 1. The molecule has 6 nitrogen and oxygen atoms in total. The van der Waals surface area contributed by atoms with Crippen LogP contribution < -0.4 is 10.4 Å². The van der Waals surface area contributed by atoms with Gasteiger partial charge < -0.3 is 13.9 Å². The highest BCUT2D eigenvalue weighted by molar-refractivity contribution is 5.94. The molecule has 0 bridgehead atoms. The van der Waals surface area contributed by atoms with Gasteiger partial charge in [-0.25, -0.2) is 9.59 Å². The van der Waals surface area contributed by atoms with Crippen LogP contribution in [0.4, 0.5) is 0 Å². The molecular formula is C21H18O6. The lowest BCUT2D eigenvalue weighted by atomic mass is 10.1. The van der Waals surface area contributed by atoms with E-state index in [1.54, 1.807) is 30.3 Å². The van der Waals surface area contributed by atoms with Crippen LogP contribution in [-0.2, 0) is 16.1 Å². The topological polar surface area (TPSA) is 82.8 Å². The molecule has 0 aliphatic rings. The summed E-state index contributed by atoms with van der Waals surface area (Å²) in [4.78, 5) is 34.9. The van der Waals surface area contributed by atoms with Crippen LogP contribution in [0.25, 0.3) is 11.0 Å². The van der Waals surface area contributed by atoms with E-state index in [0.29, 0.717) is 27.8 Å². The Hall–Kier alpha value is -3.41. The molecule has 27 heavy (non-hydrogen) atoms. The average molecular weight is 366 g/mol. The first-order valence-electron chi connectivity index (χ1n) is 8.35. The van der Waals surface area contributed by atoms with E-state index < -0.39 is 11.6 Å². The zero-order valence-electron chi connectivity index (χ0n) is 15.0. The summed E-state index contributed by atoms with van der Waals surface area (Å²) in [5.41, 5.74) is 2.05. The molecule has 3 aromatic rings. The van der Waals surface area contributed by atoms with Crippen LogP contribution in [0.5, 0.6) is 5.75 Å². The van der Waals surface area contributed by atoms with E-state index in [0.717, 1.165) is 5.56 Å². The largest absolute Gasteiger partial charge is 0.482 e. The molecule has 0 saturated heterocycles. The number of ketones is 1. The van der Waals surface area contributed by atoms with Crippen molar-refractivity contribution in [3.8, 4) is 5.75 Å². The maximum atomic E-state index is 11.9. The molecule has 3 rings (SSSR count). The minimum absolute atomic E-state index is 0.0456. The zero-order valence-corrected chi connectivity index (χ0v) is 15.0. The van der Waals surface area contributed by atoms with Gasteiger partial charge in [-0.15, -0.1) is 0 Å². The Morgan fingerprint density at radius 1 is 1.04 bits per heavy atom. The maximum Gasteiger partial charge on any atom is 0.344 e. The fraction of sp³-hybridized carbons (Fsp3) is 0.190. The third-order valence-corrected chi connectivity index (χ3v) is 3.99. The third-order valence-electron chi connectivity index (χ3n) is 3.99. The van der Waals surface area contributed by atoms with Gasteiger partial charge in [-0.1, -0.05) is 12.1 Å². The van der Waals surface area contributed by atoms with Gasteiger partial charge in [0.25, 0.3) is 0 Å². The van der Waals surface area contributed by atoms with Gasteiger partial charge >= 0.3 is 11.6 Å². The quantitative estimate of drug-likeness (QED) is 0.378. The molecule has 1 heterocycles. The minimum atomic E-state index is -0.570. The van der Waals surface area contributed by atoms with Crippen molar-refractivity contribution in [3.63, 3.8) is 0 Å². The molecule has 0 unspecified atom stereocenters. The van der Waals surface area contributed by atoms with Gasteiger partial charge in [0, 0.05) is 22.6 Å². The number of hydrogen-bond donors (Lipinski definition) is 0. The lowest BCUT2D eigenvalue weighted by Gasteiger charge is -2.09. The minimum Gasteiger partial charge on any atom is -0.482 e. The number of rotatable bonds is 6. The van der Waals surface area contributed by atoms with Crippen molar-refractivity contribution in [3.05, 3.63) is 75.6 Å². The highest BCUT2D eigenvalue weighted by Gasteiger charge is 2.10. The summed E-state index contributed by atoms with van der Waals surface area (Å²) in [5.74, 6) is -0.159. The molecule has 0 radical (unpaired) electrons. The van der Waals surface area contributed by atoms with E-state index in [9.17, 15) is 14.4 Å². The van der Waals surface area contributed by atoms with Gasteiger partial charge in [0.15, 0.2) is 12.4 Å². The van der Waals surface area contributed by atoms with Crippen molar-refractivity contribution >= 4 is 22.7 Å². The van der Waals surface area contributed by atoms with Gasteiger partial charge in [0.2, 0.25) is 0 Å². The first-order chi connectivity index (χ1) is 12.9. The molecule has 138 valence electrons. The van der Waals surface area contributed by atoms with Crippen molar-refractivity contribution in [1.29, 1.82) is 0 Å². The first-order valence-corrected chi connectivity index (χ1v) is 8.35. The van der Waals surface area contributed by atoms with Crippen LogP contribution in [0.1, 0.15) is 28.4 Å². The summed E-state index contributed by atoms with van der Waals surface area (Å²) in [5, 5.41) is 0.716. The second-order valence-electron chi connectivity index (χ2n) is 6.12. The van der Waals surface area contributed by atoms with E-state index in [-0.39, 0.29) is 19.0 Å². The number of carbonyl (C=O) groups excluding carboxylic acids is 2. The molecule has 0 spiro atoms. The van der Waals surface area contributed by atoms with Crippen LogP contribution in [0.15, 0.2) is 57.7 Å². The number of carbonyl (C=O) groups is 2. The van der Waals surface area contributed by atoms with Gasteiger partial charge in [0.05, 0.1) is 0 Å². The fourth-order valence-corrected chi connectivity index (χ4v) is 2.58. The van der Waals surface area contributed by atoms with E-state index in [1.165, 1.54) is 13.0 Å². The van der Waals surface area contributed by atoms with Gasteiger partial charge in [-0.2, -0.15) is 0 Å². The number of Topliss-reactive ketones (excluding diaryl/α,β-unsaturated/α-hetero) is 1. The first kappa shape index (κ1) is 18.4. The third kappa shape index (κ3) is 4.61. The lowest BCUT2D eigenvalue weighted by molar-refractivity contribution is -0.147. The summed E-state index contributed by atoms with van der Waals surface area (Å²) >= 11 is 0. The van der Waals surface area contributed by atoms with Crippen LogP contribution in [0.2, 0.25) is 0 Å². The molecule has 0 aliphatic heterocycles. The number of benzene rings is 2. The lowest BCUT2D eigenvalue weighted by Crippen LogP contribution is -2.15. The maximum absolute atomic E-state index is 11.9. The second kappa shape index (κ2) is 7.86. The molecule has 2 aromatic carbocycles. The number of aryl methyl sites for hydroxylation is 1. The molecule has 0 aliphatic carbocycles. The van der Waals surface area contributed by atoms with Crippen molar-refractivity contribution in [2.75, 3.05) is 6.61 Å². The van der Waals surface area contributed by atoms with Crippen LogP contribution in [0, 0.1) is 6.92 Å². The highest BCUT2D eigenvalue weighted by atomic mass is 16.6. The number of hydrogen-bond acceptors (Lipinski definition) is 6. The smallest absolute Gasteiger partial charge is 0.344 e. The summed E-state index contributed by atoms with van der Waals surface area (Å²) in [6.07, 6.45) is 0. The Bertz CT molecular complexity index is 1050. The average Bonchev–Trinajstić information content (AvgIpc) is 2.64. The summed E-state index contributed by atoms with van der Waals surface area (Å²) in [6.45, 7) is 3.03. The van der Waals surface area contributed by atoms with Crippen LogP contribution >= 0.6 is 0 Å². The van der Waals surface area contributed by atoms with E-state index >= 15 is 0 Å². The molecule has 0 amide bonds. The number of ether oxygens (including phenoxy) is 2. The van der Waals surface area contributed by atoms with E-state index in [1.807, 2.05) is 19.1 Å². The summed E-state index contributed by atoms with van der Waals surface area (Å²) in [7, 11) is 0. The Morgan fingerprint density at radius 2 is 1.78 bits per heavy atom. The Kier molecular flexibility index (Phi) is 5.35. The summed E-state index contributed by atoms with van der Waals surface area (Å²) in [6, 6.07) is 13.3. The zero-order chi connectivity index (χ0) is 19.4. The SMILES string of the molecule is CC(=O)c1ccc(OCC(=O)OCc2cc(=O)oc3cc(C)ccc23)cc1. The highest BCUT2D eigenvalue weighted by Crippen LogP contribution is 2.19. The molecular weight excluding hydrogens is 348 g/mol. The molecule has 1 aromatic heterocycles. The number of fused-ring (bicyclic) bond motifs is 1. The monoisotopic (exact) mass is 366 g/mol. The van der Waals surface area contributed by atoms with Gasteiger partial charge in [0.1, 0.15) is 17.9 Å². The Balaban J connectivity index is 1.61. The molecule has 0 atom stereocenters. The second-order valence-corrected chi connectivity index (χ2v) is 6.12. The van der Waals surface area contributed by atoms with E-state index in [4.69, 9.17) is 13.9 Å². The predicted molar refractivity (Wildman–Crippen MR) is 99.0 cm³/mol. The molecule has 6 heteroatoms. The van der Waals surface area contributed by atoms with Crippen LogP contribution in [0.3, 0.4) is 0 Å². The van der Waals surface area contributed by atoms with Crippen molar-refractivity contribution in [2.24, 2.45) is 0 Å². The molecule has 0 N–H and O–H groups in total. The van der Waals surface area contributed by atoms with Crippen LogP contribution in [-0.4, -0.2) is 18.4 Å². The van der Waals surface area contributed by atoms with E-state index in [2.05, 4.69) is 0 Å². The predicted octanol–water partition coefficient (Wildman–Crippen LogP) is 3.43. The Labute approximate surface area is 155 Å².